The van der Waals surface area contributed by atoms with Gasteiger partial charge in [-0.1, -0.05) is 0 Å². The number of aryl methyl sites for hydroxylation is 1. The van der Waals surface area contributed by atoms with Gasteiger partial charge in [0.05, 0.1) is 12.8 Å². The van der Waals surface area contributed by atoms with E-state index >= 15 is 0 Å². The second-order valence-corrected chi connectivity index (χ2v) is 5.20. The molecule has 0 radical (unpaired) electrons. The van der Waals surface area contributed by atoms with Crippen LogP contribution in [0.15, 0.2) is 45.9 Å². The van der Waals surface area contributed by atoms with Crippen molar-refractivity contribution >= 4 is 18.4 Å². The summed E-state index contributed by atoms with van der Waals surface area (Å²) in [4.78, 5) is 0. The van der Waals surface area contributed by atoms with Crippen molar-refractivity contribution < 1.29 is 9.15 Å². The lowest BCUT2D eigenvalue weighted by molar-refractivity contribution is 0.340. The van der Waals surface area contributed by atoms with Gasteiger partial charge in [-0.05, 0) is 62.5 Å². The lowest BCUT2D eigenvalue weighted by atomic mass is 10.2. The van der Waals surface area contributed by atoms with E-state index in [1.165, 1.54) is 0 Å². The van der Waals surface area contributed by atoms with Gasteiger partial charge in [0.15, 0.2) is 5.82 Å². The molecule has 0 amide bonds. The fourth-order valence-electron chi connectivity index (χ4n) is 2.09. The van der Waals surface area contributed by atoms with Crippen molar-refractivity contribution in [3.63, 3.8) is 0 Å². The summed E-state index contributed by atoms with van der Waals surface area (Å²) in [6.45, 7) is 4.46. The summed E-state index contributed by atoms with van der Waals surface area (Å²) in [6.07, 6.45) is 1.61. The molecule has 0 unspecified atom stereocenters. The molecule has 1 aromatic carbocycles. The number of nitrogens with zero attached hydrogens (tertiary/aromatic N) is 3. The summed E-state index contributed by atoms with van der Waals surface area (Å²) in [5.74, 6) is 2.92. The molecule has 7 heteroatoms. The number of hydrogen-bond donors (Lipinski definition) is 1. The number of H-pyrrole nitrogens is 1. The average molecular weight is 328 g/mol. The molecule has 0 fully saturated rings. The van der Waals surface area contributed by atoms with Crippen molar-refractivity contribution in [2.45, 2.75) is 13.8 Å². The minimum atomic E-state index is 0.411. The van der Waals surface area contributed by atoms with Crippen LogP contribution in [0.3, 0.4) is 0 Å². The summed E-state index contributed by atoms with van der Waals surface area (Å²) in [5.41, 5.74) is 0.883. The number of aromatic amines is 1. The topological polar surface area (TPSA) is 68.3 Å². The SMILES string of the molecule is CCOc1ccc(-c2n[nH]c(=S)n2N=Cc2ccc(C)o2)cc1. The van der Waals surface area contributed by atoms with Gasteiger partial charge in [0.25, 0.3) is 0 Å². The number of hydrogen-bond acceptors (Lipinski definition) is 5. The summed E-state index contributed by atoms with van der Waals surface area (Å²) in [6, 6.07) is 11.3. The van der Waals surface area contributed by atoms with E-state index in [4.69, 9.17) is 21.4 Å². The smallest absolute Gasteiger partial charge is 0.216 e. The third-order valence-electron chi connectivity index (χ3n) is 3.14. The zero-order valence-electron chi connectivity index (χ0n) is 12.8. The van der Waals surface area contributed by atoms with Gasteiger partial charge < -0.3 is 9.15 Å². The zero-order chi connectivity index (χ0) is 16.2. The van der Waals surface area contributed by atoms with E-state index in [9.17, 15) is 0 Å². The van der Waals surface area contributed by atoms with Crippen LogP contribution in [0.2, 0.25) is 0 Å². The molecule has 0 aliphatic rings. The fourth-order valence-corrected chi connectivity index (χ4v) is 2.27. The van der Waals surface area contributed by atoms with Crippen LogP contribution in [0.25, 0.3) is 11.4 Å². The highest BCUT2D eigenvalue weighted by atomic mass is 32.1. The van der Waals surface area contributed by atoms with Gasteiger partial charge in [0.1, 0.15) is 17.3 Å². The molecule has 3 rings (SSSR count). The highest BCUT2D eigenvalue weighted by Crippen LogP contribution is 2.21. The van der Waals surface area contributed by atoms with E-state index in [0.29, 0.717) is 23.0 Å². The minimum absolute atomic E-state index is 0.411. The molecule has 0 saturated carbocycles. The molecule has 0 atom stereocenters. The maximum Gasteiger partial charge on any atom is 0.216 e. The number of aromatic nitrogens is 3. The van der Waals surface area contributed by atoms with Crippen LogP contribution in [-0.4, -0.2) is 27.7 Å². The lowest BCUT2D eigenvalue weighted by Gasteiger charge is -2.04. The Hall–Kier alpha value is -2.67. The Morgan fingerprint density at radius 1 is 1.30 bits per heavy atom. The molecule has 2 heterocycles. The highest BCUT2D eigenvalue weighted by Gasteiger charge is 2.08. The van der Waals surface area contributed by atoms with Gasteiger partial charge in [-0.25, -0.2) is 5.10 Å². The maximum atomic E-state index is 5.47. The number of rotatable bonds is 5. The van der Waals surface area contributed by atoms with Crippen LogP contribution in [0.5, 0.6) is 5.75 Å². The van der Waals surface area contributed by atoms with E-state index in [1.54, 1.807) is 10.9 Å². The number of benzene rings is 1. The van der Waals surface area contributed by atoms with E-state index in [2.05, 4.69) is 15.3 Å². The second-order valence-electron chi connectivity index (χ2n) is 4.81. The second kappa shape index (κ2) is 6.62. The Morgan fingerprint density at radius 2 is 2.09 bits per heavy atom. The van der Waals surface area contributed by atoms with E-state index in [0.717, 1.165) is 17.1 Å². The zero-order valence-corrected chi connectivity index (χ0v) is 13.6. The molecule has 1 N–H and O–H groups in total. The van der Waals surface area contributed by atoms with Gasteiger partial charge in [-0.15, -0.1) is 0 Å². The quantitative estimate of drug-likeness (QED) is 0.571. The van der Waals surface area contributed by atoms with Crippen LogP contribution >= 0.6 is 12.2 Å². The number of nitrogens with one attached hydrogen (secondary N) is 1. The van der Waals surface area contributed by atoms with Crippen molar-refractivity contribution in [2.24, 2.45) is 5.10 Å². The molecular weight excluding hydrogens is 312 g/mol. The maximum absolute atomic E-state index is 5.47. The molecule has 0 aliphatic carbocycles. The number of furan rings is 1. The molecule has 118 valence electrons. The largest absolute Gasteiger partial charge is 0.494 e. The van der Waals surface area contributed by atoms with Crippen LogP contribution in [0.4, 0.5) is 0 Å². The average Bonchev–Trinajstić information content (AvgIpc) is 3.12. The van der Waals surface area contributed by atoms with E-state index in [-0.39, 0.29) is 0 Å². The van der Waals surface area contributed by atoms with Crippen LogP contribution < -0.4 is 4.74 Å². The Labute approximate surface area is 138 Å². The van der Waals surface area contributed by atoms with Crippen molar-refractivity contribution in [1.29, 1.82) is 0 Å². The first-order chi connectivity index (χ1) is 11.2. The van der Waals surface area contributed by atoms with Gasteiger partial charge in [-0.2, -0.15) is 14.9 Å². The summed E-state index contributed by atoms with van der Waals surface area (Å²) in [5, 5.41) is 11.4. The Bertz CT molecular complexity index is 874. The van der Waals surface area contributed by atoms with Crippen molar-refractivity contribution in [1.82, 2.24) is 14.9 Å². The van der Waals surface area contributed by atoms with Gasteiger partial charge in [0, 0.05) is 5.56 Å². The molecule has 23 heavy (non-hydrogen) atoms. The third-order valence-corrected chi connectivity index (χ3v) is 3.40. The first-order valence-corrected chi connectivity index (χ1v) is 7.59. The van der Waals surface area contributed by atoms with Crippen molar-refractivity contribution in [3.05, 3.63) is 52.7 Å². The van der Waals surface area contributed by atoms with Crippen LogP contribution in [0.1, 0.15) is 18.4 Å². The molecule has 2 aromatic heterocycles. The molecule has 0 spiro atoms. The monoisotopic (exact) mass is 328 g/mol. The molecule has 0 saturated heterocycles. The Morgan fingerprint density at radius 3 is 2.74 bits per heavy atom. The molecule has 3 aromatic rings. The van der Waals surface area contributed by atoms with Gasteiger partial charge in [0.2, 0.25) is 4.77 Å². The minimum Gasteiger partial charge on any atom is -0.494 e. The Kier molecular flexibility index (Phi) is 4.38. The van der Waals surface area contributed by atoms with Crippen LogP contribution in [0, 0.1) is 11.7 Å². The van der Waals surface area contributed by atoms with Gasteiger partial charge in [-0.3, -0.25) is 0 Å². The normalized spacial score (nSPS) is 11.2. The first-order valence-electron chi connectivity index (χ1n) is 7.19. The summed E-state index contributed by atoms with van der Waals surface area (Å²) >= 11 is 5.24. The molecular formula is C16H16N4O2S. The predicted molar refractivity (Wildman–Crippen MR) is 90.5 cm³/mol. The van der Waals surface area contributed by atoms with E-state index < -0.39 is 0 Å². The van der Waals surface area contributed by atoms with Crippen molar-refractivity contribution in [3.8, 4) is 17.1 Å². The van der Waals surface area contributed by atoms with Crippen LogP contribution in [-0.2, 0) is 0 Å². The van der Waals surface area contributed by atoms with Crippen molar-refractivity contribution in [2.75, 3.05) is 6.61 Å². The highest BCUT2D eigenvalue weighted by molar-refractivity contribution is 7.71. The van der Waals surface area contributed by atoms with E-state index in [1.807, 2.05) is 50.2 Å². The van der Waals surface area contributed by atoms with Gasteiger partial charge >= 0.3 is 0 Å². The third kappa shape index (κ3) is 3.40. The standard InChI is InChI=1S/C16H16N4O2S/c1-3-21-13-8-5-12(6-9-13)15-18-19-16(23)20(15)17-10-14-7-4-11(2)22-14/h4-10H,3H2,1-2H3,(H,19,23). The fraction of sp³-hybridized carbons (Fsp3) is 0.188. The first kappa shape index (κ1) is 15.2. The summed E-state index contributed by atoms with van der Waals surface area (Å²) in [7, 11) is 0. The molecule has 6 nitrogen and oxygen atoms in total. The Balaban J connectivity index is 1.92. The predicted octanol–water partition coefficient (Wildman–Crippen LogP) is 3.79. The summed E-state index contributed by atoms with van der Waals surface area (Å²) < 4.78 is 12.9. The lowest BCUT2D eigenvalue weighted by Crippen LogP contribution is -1.95. The number of ether oxygens (including phenoxy) is 1. The molecule has 0 bridgehead atoms. The molecule has 0 aliphatic heterocycles.